The molecular formula is C13H18N2O2. The molecule has 0 atom stereocenters. The predicted molar refractivity (Wildman–Crippen MR) is 65.5 cm³/mol. The van der Waals surface area contributed by atoms with E-state index in [1.165, 1.54) is 24.0 Å². The molecule has 4 nitrogen and oxygen atoms in total. The van der Waals surface area contributed by atoms with Gasteiger partial charge in [-0.05, 0) is 48.9 Å². The van der Waals surface area contributed by atoms with E-state index in [9.17, 15) is 4.79 Å². The number of carbonyl (C=O) groups is 1. The van der Waals surface area contributed by atoms with Crippen LogP contribution in [-0.2, 0) is 17.6 Å². The molecule has 92 valence electrons. The van der Waals surface area contributed by atoms with Gasteiger partial charge in [-0.25, -0.2) is 5.84 Å². The summed E-state index contributed by atoms with van der Waals surface area (Å²) in [6.07, 6.45) is 4.67. The first kappa shape index (κ1) is 11.9. The highest BCUT2D eigenvalue weighted by Gasteiger charge is 2.11. The Labute approximate surface area is 101 Å². The number of ether oxygens (including phenoxy) is 1. The summed E-state index contributed by atoms with van der Waals surface area (Å²) >= 11 is 0. The molecule has 0 saturated carbocycles. The van der Waals surface area contributed by atoms with Crippen molar-refractivity contribution in [1.29, 1.82) is 0 Å². The number of amides is 1. The highest BCUT2D eigenvalue weighted by Crippen LogP contribution is 2.26. The number of carbonyl (C=O) groups excluding carboxylic acids is 1. The van der Waals surface area contributed by atoms with Crippen LogP contribution in [0.3, 0.4) is 0 Å². The second kappa shape index (κ2) is 5.68. The standard InChI is InChI=1S/C13H18N2O2/c14-15-13(16)5-2-8-17-12-7-6-10-3-1-4-11(10)9-12/h6-7,9H,1-5,8,14H2,(H,15,16). The number of hydrazine groups is 1. The third-order valence-corrected chi connectivity index (χ3v) is 3.05. The Balaban J connectivity index is 1.78. The van der Waals surface area contributed by atoms with Gasteiger partial charge < -0.3 is 4.74 Å². The number of aryl methyl sites for hydroxylation is 2. The van der Waals surface area contributed by atoms with E-state index in [1.807, 2.05) is 6.07 Å². The molecule has 4 heteroatoms. The van der Waals surface area contributed by atoms with Gasteiger partial charge in [-0.3, -0.25) is 10.2 Å². The van der Waals surface area contributed by atoms with Gasteiger partial charge in [0, 0.05) is 6.42 Å². The van der Waals surface area contributed by atoms with E-state index in [1.54, 1.807) is 0 Å². The van der Waals surface area contributed by atoms with Crippen molar-refractivity contribution < 1.29 is 9.53 Å². The van der Waals surface area contributed by atoms with Gasteiger partial charge in [0.1, 0.15) is 5.75 Å². The molecule has 17 heavy (non-hydrogen) atoms. The molecule has 1 aliphatic carbocycles. The quantitative estimate of drug-likeness (QED) is 0.349. The highest BCUT2D eigenvalue weighted by molar-refractivity contribution is 5.75. The fourth-order valence-electron chi connectivity index (χ4n) is 2.13. The number of hydrogen-bond donors (Lipinski definition) is 2. The van der Waals surface area contributed by atoms with Crippen LogP contribution in [0.2, 0.25) is 0 Å². The lowest BCUT2D eigenvalue weighted by atomic mass is 10.1. The van der Waals surface area contributed by atoms with Gasteiger partial charge >= 0.3 is 0 Å². The molecule has 1 aromatic carbocycles. The molecule has 0 aliphatic heterocycles. The van der Waals surface area contributed by atoms with Crippen LogP contribution >= 0.6 is 0 Å². The number of rotatable bonds is 5. The molecule has 0 spiro atoms. The molecule has 2 rings (SSSR count). The van der Waals surface area contributed by atoms with Crippen molar-refractivity contribution in [3.63, 3.8) is 0 Å². The second-order valence-electron chi connectivity index (χ2n) is 4.30. The zero-order chi connectivity index (χ0) is 12.1. The van der Waals surface area contributed by atoms with Crippen molar-refractivity contribution in [2.75, 3.05) is 6.61 Å². The van der Waals surface area contributed by atoms with Crippen molar-refractivity contribution in [2.24, 2.45) is 5.84 Å². The monoisotopic (exact) mass is 234 g/mol. The Hall–Kier alpha value is -1.55. The van der Waals surface area contributed by atoms with Crippen LogP contribution in [0.5, 0.6) is 5.75 Å². The van der Waals surface area contributed by atoms with E-state index in [0.29, 0.717) is 19.4 Å². The Morgan fingerprint density at radius 1 is 1.35 bits per heavy atom. The van der Waals surface area contributed by atoms with Gasteiger partial charge in [-0.2, -0.15) is 0 Å². The van der Waals surface area contributed by atoms with Crippen LogP contribution in [-0.4, -0.2) is 12.5 Å². The summed E-state index contributed by atoms with van der Waals surface area (Å²) < 4.78 is 5.61. The lowest BCUT2D eigenvalue weighted by Gasteiger charge is -2.07. The Morgan fingerprint density at radius 2 is 2.18 bits per heavy atom. The molecule has 1 amide bonds. The van der Waals surface area contributed by atoms with Crippen molar-refractivity contribution in [3.05, 3.63) is 29.3 Å². The Bertz CT molecular complexity index is 404. The maximum absolute atomic E-state index is 10.9. The van der Waals surface area contributed by atoms with Crippen LogP contribution in [0.1, 0.15) is 30.4 Å². The minimum Gasteiger partial charge on any atom is -0.494 e. The molecule has 1 aromatic rings. The molecule has 0 saturated heterocycles. The first-order valence-electron chi connectivity index (χ1n) is 6.03. The van der Waals surface area contributed by atoms with Crippen LogP contribution in [0.25, 0.3) is 0 Å². The van der Waals surface area contributed by atoms with Crippen molar-refractivity contribution in [1.82, 2.24) is 5.43 Å². The molecule has 1 aliphatic rings. The topological polar surface area (TPSA) is 64.3 Å². The Morgan fingerprint density at radius 3 is 3.00 bits per heavy atom. The summed E-state index contributed by atoms with van der Waals surface area (Å²) in [5.41, 5.74) is 4.95. The predicted octanol–water partition coefficient (Wildman–Crippen LogP) is 1.32. The highest BCUT2D eigenvalue weighted by atomic mass is 16.5. The lowest BCUT2D eigenvalue weighted by molar-refractivity contribution is -0.121. The number of fused-ring (bicyclic) bond motifs is 1. The maximum Gasteiger partial charge on any atom is 0.234 e. The normalized spacial score (nSPS) is 13.2. The summed E-state index contributed by atoms with van der Waals surface area (Å²) in [4.78, 5) is 10.9. The molecular weight excluding hydrogens is 216 g/mol. The molecule has 0 unspecified atom stereocenters. The van der Waals surface area contributed by atoms with E-state index in [2.05, 4.69) is 17.6 Å². The minimum absolute atomic E-state index is 0.150. The first-order chi connectivity index (χ1) is 8.29. The van der Waals surface area contributed by atoms with Crippen LogP contribution < -0.4 is 16.0 Å². The van der Waals surface area contributed by atoms with E-state index in [4.69, 9.17) is 10.6 Å². The first-order valence-corrected chi connectivity index (χ1v) is 6.03. The summed E-state index contributed by atoms with van der Waals surface area (Å²) in [6, 6.07) is 6.27. The summed E-state index contributed by atoms with van der Waals surface area (Å²) in [5.74, 6) is 5.74. The van der Waals surface area contributed by atoms with Gasteiger partial charge in [-0.1, -0.05) is 6.07 Å². The third kappa shape index (κ3) is 3.20. The third-order valence-electron chi connectivity index (χ3n) is 3.05. The van der Waals surface area contributed by atoms with Crippen molar-refractivity contribution in [2.45, 2.75) is 32.1 Å². The zero-order valence-corrected chi connectivity index (χ0v) is 9.87. The van der Waals surface area contributed by atoms with Crippen LogP contribution in [0.15, 0.2) is 18.2 Å². The number of nitrogens with one attached hydrogen (secondary N) is 1. The fraction of sp³-hybridized carbons (Fsp3) is 0.462. The van der Waals surface area contributed by atoms with Crippen molar-refractivity contribution >= 4 is 5.91 Å². The SMILES string of the molecule is NNC(=O)CCCOc1ccc2c(c1)CCC2. The van der Waals surface area contributed by atoms with Gasteiger partial charge in [0.05, 0.1) is 6.61 Å². The van der Waals surface area contributed by atoms with Gasteiger partial charge in [0.2, 0.25) is 5.91 Å². The Kier molecular flexibility index (Phi) is 3.98. The second-order valence-corrected chi connectivity index (χ2v) is 4.30. The summed E-state index contributed by atoms with van der Waals surface area (Å²) in [7, 11) is 0. The average Bonchev–Trinajstić information content (AvgIpc) is 2.81. The number of nitrogens with two attached hydrogens (primary N) is 1. The van der Waals surface area contributed by atoms with E-state index in [-0.39, 0.29) is 5.91 Å². The van der Waals surface area contributed by atoms with E-state index in [0.717, 1.165) is 12.2 Å². The molecule has 0 radical (unpaired) electrons. The average molecular weight is 234 g/mol. The van der Waals surface area contributed by atoms with Crippen LogP contribution in [0, 0.1) is 0 Å². The smallest absolute Gasteiger partial charge is 0.234 e. The summed E-state index contributed by atoms with van der Waals surface area (Å²) in [6.45, 7) is 0.548. The zero-order valence-electron chi connectivity index (χ0n) is 9.87. The largest absolute Gasteiger partial charge is 0.494 e. The molecule has 3 N–H and O–H groups in total. The number of benzene rings is 1. The number of hydrogen-bond acceptors (Lipinski definition) is 3. The lowest BCUT2D eigenvalue weighted by Crippen LogP contribution is -2.29. The van der Waals surface area contributed by atoms with E-state index >= 15 is 0 Å². The molecule has 0 aromatic heterocycles. The fourth-order valence-corrected chi connectivity index (χ4v) is 2.13. The molecule has 0 bridgehead atoms. The van der Waals surface area contributed by atoms with E-state index < -0.39 is 0 Å². The van der Waals surface area contributed by atoms with Gasteiger partial charge in [-0.15, -0.1) is 0 Å². The van der Waals surface area contributed by atoms with Gasteiger partial charge in [0.25, 0.3) is 0 Å². The minimum atomic E-state index is -0.150. The van der Waals surface area contributed by atoms with Crippen molar-refractivity contribution in [3.8, 4) is 5.75 Å². The molecule has 0 heterocycles. The van der Waals surface area contributed by atoms with Crippen LogP contribution in [0.4, 0.5) is 0 Å². The molecule has 0 fully saturated rings. The summed E-state index contributed by atoms with van der Waals surface area (Å²) in [5, 5.41) is 0. The maximum atomic E-state index is 10.9. The van der Waals surface area contributed by atoms with Gasteiger partial charge in [0.15, 0.2) is 0 Å².